The van der Waals surface area contributed by atoms with Crippen LogP contribution in [0.25, 0.3) is 0 Å². The van der Waals surface area contributed by atoms with Crippen molar-refractivity contribution in [2.24, 2.45) is 5.92 Å². The summed E-state index contributed by atoms with van der Waals surface area (Å²) in [6.07, 6.45) is 7.93. The number of piperazine rings is 1. The first kappa shape index (κ1) is 19.7. The zero-order chi connectivity index (χ0) is 19.5. The lowest BCUT2D eigenvalue weighted by atomic mass is 9.89. The van der Waals surface area contributed by atoms with Crippen LogP contribution in [-0.4, -0.2) is 49.4 Å². The summed E-state index contributed by atoms with van der Waals surface area (Å²) in [5.74, 6) is 0.136. The number of benzene rings is 1. The summed E-state index contributed by atoms with van der Waals surface area (Å²) in [5.41, 5.74) is 1.95. The van der Waals surface area contributed by atoms with Gasteiger partial charge in [-0.2, -0.15) is 0 Å². The normalized spacial score (nSPS) is 25.0. The molecule has 1 aromatic rings. The van der Waals surface area contributed by atoms with E-state index in [9.17, 15) is 9.59 Å². The van der Waals surface area contributed by atoms with Crippen LogP contribution in [-0.2, 0) is 9.59 Å². The van der Waals surface area contributed by atoms with Crippen LogP contribution in [0, 0.1) is 5.92 Å². The molecule has 3 fully saturated rings. The Hall–Kier alpha value is -1.59. The van der Waals surface area contributed by atoms with Crippen LogP contribution >= 0.6 is 11.6 Å². The second-order valence-corrected chi connectivity index (χ2v) is 8.91. The molecule has 1 atom stereocenters. The molecule has 0 spiro atoms. The summed E-state index contributed by atoms with van der Waals surface area (Å²) in [6.45, 7) is 5.48. The lowest BCUT2D eigenvalue weighted by Gasteiger charge is -2.38. The van der Waals surface area contributed by atoms with Crippen molar-refractivity contribution in [2.75, 3.05) is 37.6 Å². The maximum atomic E-state index is 12.1. The first-order chi connectivity index (χ1) is 13.6. The topological polar surface area (TPSA) is 52.7 Å². The Labute approximate surface area is 172 Å². The largest absolute Gasteiger partial charge is 0.369 e. The highest BCUT2D eigenvalue weighted by Crippen LogP contribution is 2.33. The van der Waals surface area contributed by atoms with Gasteiger partial charge in [0.1, 0.15) is 0 Å². The van der Waals surface area contributed by atoms with Gasteiger partial charge in [0.25, 0.3) is 0 Å². The van der Waals surface area contributed by atoms with E-state index in [0.717, 1.165) is 43.3 Å². The van der Waals surface area contributed by atoms with Gasteiger partial charge in [-0.15, -0.1) is 0 Å². The molecule has 152 valence electrons. The Kier molecular flexibility index (Phi) is 6.22. The van der Waals surface area contributed by atoms with Gasteiger partial charge in [-0.1, -0.05) is 36.9 Å². The second kappa shape index (κ2) is 8.83. The Morgan fingerprint density at radius 2 is 1.75 bits per heavy atom. The van der Waals surface area contributed by atoms with Gasteiger partial charge in [0.05, 0.1) is 5.92 Å². The highest BCUT2D eigenvalue weighted by atomic mass is 35.5. The quantitative estimate of drug-likeness (QED) is 0.781. The van der Waals surface area contributed by atoms with E-state index in [1.165, 1.54) is 38.6 Å². The van der Waals surface area contributed by atoms with E-state index in [0.29, 0.717) is 17.9 Å². The lowest BCUT2D eigenvalue weighted by Crippen LogP contribution is -2.48. The minimum Gasteiger partial charge on any atom is -0.369 e. The number of amides is 2. The molecule has 0 aromatic heterocycles. The van der Waals surface area contributed by atoms with Crippen LogP contribution in [0.3, 0.4) is 0 Å². The van der Waals surface area contributed by atoms with E-state index in [2.05, 4.69) is 21.2 Å². The van der Waals surface area contributed by atoms with E-state index in [4.69, 9.17) is 11.6 Å². The molecule has 28 heavy (non-hydrogen) atoms. The summed E-state index contributed by atoms with van der Waals surface area (Å²) >= 11 is 6.54. The molecule has 2 heterocycles. The Bertz CT molecular complexity index is 724. The Morgan fingerprint density at radius 3 is 2.43 bits per heavy atom. The monoisotopic (exact) mass is 403 g/mol. The van der Waals surface area contributed by atoms with E-state index in [-0.39, 0.29) is 17.7 Å². The van der Waals surface area contributed by atoms with Crippen LogP contribution in [0.1, 0.15) is 56.4 Å². The second-order valence-electron chi connectivity index (χ2n) is 8.50. The number of carbonyl (C=O) groups excluding carboxylic acids is 2. The molecule has 1 unspecified atom stereocenters. The van der Waals surface area contributed by atoms with Gasteiger partial charge in [-0.3, -0.25) is 19.8 Å². The fourth-order valence-electron chi connectivity index (χ4n) is 4.91. The molecule has 5 nitrogen and oxygen atoms in total. The lowest BCUT2D eigenvalue weighted by molar-refractivity contribution is -0.134. The van der Waals surface area contributed by atoms with Crippen molar-refractivity contribution >= 4 is 29.1 Å². The number of anilines is 1. The van der Waals surface area contributed by atoms with Gasteiger partial charge in [0.15, 0.2) is 0 Å². The van der Waals surface area contributed by atoms with E-state index in [1.54, 1.807) is 0 Å². The number of hydrogen-bond acceptors (Lipinski definition) is 4. The first-order valence-electron chi connectivity index (χ1n) is 10.7. The summed E-state index contributed by atoms with van der Waals surface area (Å²) in [6, 6.07) is 6.02. The Balaban J connectivity index is 1.34. The minimum absolute atomic E-state index is 0.194. The molecule has 6 heteroatoms. The smallest absolute Gasteiger partial charge is 0.234 e. The number of hydrogen-bond donors (Lipinski definition) is 1. The molecular weight excluding hydrogens is 374 g/mol. The summed E-state index contributed by atoms with van der Waals surface area (Å²) in [4.78, 5) is 28.5. The number of rotatable bonds is 4. The third-order valence-corrected chi connectivity index (χ3v) is 6.90. The van der Waals surface area contributed by atoms with Crippen molar-refractivity contribution in [3.8, 4) is 0 Å². The standard InChI is InChI=1S/C22H30ClN3O2/c23-20-14-17(6-7-18(20)19-8-9-21(27)24-22(19)28)26-12-10-25(11-13-26)15-16-4-2-1-3-5-16/h6-7,14,16,19H,1-5,8-13,15H2,(H,24,27,28). The van der Waals surface area contributed by atoms with Gasteiger partial charge < -0.3 is 4.90 Å². The molecule has 0 radical (unpaired) electrons. The molecule has 2 saturated heterocycles. The van der Waals surface area contributed by atoms with Crippen molar-refractivity contribution in [3.05, 3.63) is 28.8 Å². The van der Waals surface area contributed by atoms with E-state index in [1.807, 2.05) is 12.1 Å². The van der Waals surface area contributed by atoms with Crippen molar-refractivity contribution in [1.29, 1.82) is 0 Å². The average molecular weight is 404 g/mol. The minimum atomic E-state index is -0.327. The first-order valence-corrected chi connectivity index (χ1v) is 11.1. The predicted molar refractivity (Wildman–Crippen MR) is 112 cm³/mol. The van der Waals surface area contributed by atoms with E-state index >= 15 is 0 Å². The van der Waals surface area contributed by atoms with Gasteiger partial charge in [-0.05, 0) is 42.9 Å². The zero-order valence-corrected chi connectivity index (χ0v) is 17.2. The van der Waals surface area contributed by atoms with Crippen molar-refractivity contribution in [3.63, 3.8) is 0 Å². The number of nitrogens with zero attached hydrogens (tertiary/aromatic N) is 2. The summed E-state index contributed by atoms with van der Waals surface area (Å²) in [5, 5.41) is 3.04. The number of carbonyl (C=O) groups is 2. The average Bonchev–Trinajstić information content (AvgIpc) is 2.70. The highest BCUT2D eigenvalue weighted by molar-refractivity contribution is 6.32. The van der Waals surface area contributed by atoms with Gasteiger partial charge in [-0.25, -0.2) is 0 Å². The highest BCUT2D eigenvalue weighted by Gasteiger charge is 2.30. The van der Waals surface area contributed by atoms with E-state index < -0.39 is 0 Å². The van der Waals surface area contributed by atoms with Crippen molar-refractivity contribution in [1.82, 2.24) is 10.2 Å². The summed E-state index contributed by atoms with van der Waals surface area (Å²) < 4.78 is 0. The predicted octanol–water partition coefficient (Wildman–Crippen LogP) is 3.56. The maximum absolute atomic E-state index is 12.1. The van der Waals surface area contributed by atoms with Crippen LogP contribution in [0.15, 0.2) is 18.2 Å². The van der Waals surface area contributed by atoms with Crippen LogP contribution in [0.4, 0.5) is 5.69 Å². The molecule has 1 saturated carbocycles. The fourth-order valence-corrected chi connectivity index (χ4v) is 5.22. The maximum Gasteiger partial charge on any atom is 0.234 e. The molecule has 1 N–H and O–H groups in total. The Morgan fingerprint density at radius 1 is 1.00 bits per heavy atom. The van der Waals surface area contributed by atoms with Crippen LogP contribution < -0.4 is 10.2 Å². The molecule has 2 amide bonds. The number of piperidine rings is 1. The zero-order valence-electron chi connectivity index (χ0n) is 16.5. The SMILES string of the molecule is O=C1CCC(c2ccc(N3CCN(CC4CCCCC4)CC3)cc2Cl)C(=O)N1. The number of imide groups is 1. The van der Waals surface area contributed by atoms with Gasteiger partial charge in [0, 0.05) is 49.9 Å². The number of halogens is 1. The molecular formula is C22H30ClN3O2. The van der Waals surface area contributed by atoms with Gasteiger partial charge >= 0.3 is 0 Å². The molecule has 0 bridgehead atoms. The van der Waals surface area contributed by atoms with Crippen LogP contribution in [0.5, 0.6) is 0 Å². The third-order valence-electron chi connectivity index (χ3n) is 6.58. The summed E-state index contributed by atoms with van der Waals surface area (Å²) in [7, 11) is 0. The number of nitrogens with one attached hydrogen (secondary N) is 1. The van der Waals surface area contributed by atoms with Crippen molar-refractivity contribution in [2.45, 2.75) is 50.9 Å². The molecule has 1 aromatic carbocycles. The molecule has 4 rings (SSSR count). The molecule has 3 aliphatic rings. The molecule has 2 aliphatic heterocycles. The fraction of sp³-hybridized carbons (Fsp3) is 0.636. The van der Waals surface area contributed by atoms with Gasteiger partial charge in [0.2, 0.25) is 11.8 Å². The third kappa shape index (κ3) is 4.52. The van der Waals surface area contributed by atoms with Crippen LogP contribution in [0.2, 0.25) is 5.02 Å². The van der Waals surface area contributed by atoms with Crippen molar-refractivity contribution < 1.29 is 9.59 Å². The molecule has 1 aliphatic carbocycles.